The lowest BCUT2D eigenvalue weighted by molar-refractivity contribution is -0.119. The molecule has 0 atom stereocenters. The first-order chi connectivity index (χ1) is 12.4. The normalized spacial score (nSPS) is 10.5. The topological polar surface area (TPSA) is 88.3 Å². The molecule has 0 saturated carbocycles. The van der Waals surface area contributed by atoms with Crippen molar-refractivity contribution in [1.82, 2.24) is 4.98 Å². The van der Waals surface area contributed by atoms with Crippen LogP contribution in [0.4, 0.5) is 5.69 Å². The number of anilines is 1. The molecule has 0 unspecified atom stereocenters. The molecule has 26 heavy (non-hydrogen) atoms. The highest BCUT2D eigenvalue weighted by Crippen LogP contribution is 2.25. The fourth-order valence-electron chi connectivity index (χ4n) is 2.30. The number of aromatic nitrogens is 1. The van der Waals surface area contributed by atoms with Gasteiger partial charge < -0.3 is 15.0 Å². The van der Waals surface area contributed by atoms with Crippen LogP contribution in [-0.4, -0.2) is 23.5 Å². The summed E-state index contributed by atoms with van der Waals surface area (Å²) in [7, 11) is 0. The Morgan fingerprint density at radius 2 is 1.85 bits per heavy atom. The smallest absolute Gasteiger partial charge is 0.355 e. The van der Waals surface area contributed by atoms with Crippen molar-refractivity contribution in [3.8, 4) is 0 Å². The van der Waals surface area contributed by atoms with E-state index in [1.165, 1.54) is 12.1 Å². The molecule has 1 heterocycles. The Hall–Kier alpha value is -2.83. The van der Waals surface area contributed by atoms with Crippen LogP contribution < -0.4 is 10.7 Å². The third kappa shape index (κ3) is 4.04. The highest BCUT2D eigenvalue weighted by Gasteiger charge is 2.14. The first-order valence-electron chi connectivity index (χ1n) is 7.48. The van der Waals surface area contributed by atoms with Gasteiger partial charge in [-0.3, -0.25) is 9.59 Å². The van der Waals surface area contributed by atoms with Crippen LogP contribution in [-0.2, 0) is 9.53 Å². The number of para-hydroxylation sites is 1. The Labute approximate surface area is 157 Å². The summed E-state index contributed by atoms with van der Waals surface area (Å²) < 4.78 is 4.94. The first-order valence-corrected chi connectivity index (χ1v) is 8.24. The minimum atomic E-state index is -0.819. The van der Waals surface area contributed by atoms with Gasteiger partial charge in [-0.05, 0) is 30.3 Å². The van der Waals surface area contributed by atoms with E-state index in [0.29, 0.717) is 26.6 Å². The number of halogens is 2. The van der Waals surface area contributed by atoms with E-state index in [4.69, 9.17) is 27.9 Å². The van der Waals surface area contributed by atoms with Gasteiger partial charge >= 0.3 is 5.97 Å². The Morgan fingerprint density at radius 3 is 2.65 bits per heavy atom. The van der Waals surface area contributed by atoms with Crippen LogP contribution >= 0.6 is 23.2 Å². The summed E-state index contributed by atoms with van der Waals surface area (Å²) >= 11 is 11.8. The zero-order chi connectivity index (χ0) is 18.7. The Balaban J connectivity index is 1.68. The number of hydrogen-bond donors (Lipinski definition) is 2. The number of carbonyl (C=O) groups excluding carboxylic acids is 2. The van der Waals surface area contributed by atoms with E-state index < -0.39 is 18.5 Å². The molecule has 8 heteroatoms. The predicted octanol–water partition coefficient (Wildman–Crippen LogP) is 3.63. The average Bonchev–Trinajstić information content (AvgIpc) is 2.62. The summed E-state index contributed by atoms with van der Waals surface area (Å²) in [6, 6.07) is 12.5. The average molecular weight is 391 g/mol. The summed E-state index contributed by atoms with van der Waals surface area (Å²) in [4.78, 5) is 38.9. The number of pyridine rings is 1. The molecular weight excluding hydrogens is 379 g/mol. The monoisotopic (exact) mass is 390 g/mol. The Morgan fingerprint density at radius 1 is 1.08 bits per heavy atom. The second kappa shape index (κ2) is 7.59. The molecule has 0 bridgehead atoms. The molecule has 3 rings (SSSR count). The molecule has 1 amide bonds. The molecule has 0 spiro atoms. The number of aromatic amines is 1. The number of carbonyl (C=O) groups is 2. The van der Waals surface area contributed by atoms with Crippen LogP contribution in [0.1, 0.15) is 10.5 Å². The SMILES string of the molecule is O=C(COC(=O)c1cc(=O)c2ccccc2[nH]1)Nc1cc(Cl)ccc1Cl. The number of H-pyrrole nitrogens is 1. The molecule has 0 aliphatic heterocycles. The van der Waals surface area contributed by atoms with Crippen molar-refractivity contribution in [1.29, 1.82) is 0 Å². The maximum absolute atomic E-state index is 12.1. The van der Waals surface area contributed by atoms with Gasteiger partial charge in [0, 0.05) is 22.0 Å². The van der Waals surface area contributed by atoms with Crippen LogP contribution in [0, 0.1) is 0 Å². The van der Waals surface area contributed by atoms with Crippen molar-refractivity contribution in [2.45, 2.75) is 0 Å². The third-order valence-corrected chi connectivity index (χ3v) is 4.06. The number of benzene rings is 2. The zero-order valence-electron chi connectivity index (χ0n) is 13.2. The molecule has 0 radical (unpaired) electrons. The summed E-state index contributed by atoms with van der Waals surface area (Å²) in [5.74, 6) is -1.41. The standard InChI is InChI=1S/C18H12Cl2N2O4/c19-10-5-6-12(20)14(7-10)22-17(24)9-26-18(25)15-8-16(23)11-3-1-2-4-13(11)21-15/h1-8H,9H2,(H,21,23)(H,22,24). The van der Waals surface area contributed by atoms with E-state index in [0.717, 1.165) is 6.07 Å². The summed E-state index contributed by atoms with van der Waals surface area (Å²) in [6.45, 7) is -0.545. The number of hydrogen-bond acceptors (Lipinski definition) is 4. The second-order valence-electron chi connectivity index (χ2n) is 5.34. The maximum Gasteiger partial charge on any atom is 0.355 e. The predicted molar refractivity (Wildman–Crippen MR) is 99.9 cm³/mol. The molecule has 132 valence electrons. The molecule has 0 aliphatic carbocycles. The van der Waals surface area contributed by atoms with Crippen LogP contribution in [0.2, 0.25) is 10.0 Å². The van der Waals surface area contributed by atoms with E-state index in [1.54, 1.807) is 30.3 Å². The highest BCUT2D eigenvalue weighted by molar-refractivity contribution is 6.35. The fourth-order valence-corrected chi connectivity index (χ4v) is 2.63. The number of nitrogens with one attached hydrogen (secondary N) is 2. The van der Waals surface area contributed by atoms with Crippen molar-refractivity contribution >= 4 is 51.7 Å². The Bertz CT molecular complexity index is 1060. The lowest BCUT2D eigenvalue weighted by Gasteiger charge is -2.09. The van der Waals surface area contributed by atoms with E-state index >= 15 is 0 Å². The molecular formula is C18H12Cl2N2O4. The van der Waals surface area contributed by atoms with Gasteiger partial charge in [0.05, 0.1) is 10.7 Å². The quantitative estimate of drug-likeness (QED) is 0.665. The van der Waals surface area contributed by atoms with Gasteiger partial charge in [-0.1, -0.05) is 35.3 Å². The van der Waals surface area contributed by atoms with Crippen molar-refractivity contribution in [3.05, 3.63) is 74.5 Å². The molecule has 2 aromatic carbocycles. The molecule has 0 aliphatic rings. The van der Waals surface area contributed by atoms with Crippen LogP contribution in [0.3, 0.4) is 0 Å². The minimum Gasteiger partial charge on any atom is -0.451 e. The van der Waals surface area contributed by atoms with Gasteiger partial charge in [0.15, 0.2) is 12.0 Å². The number of esters is 1. The van der Waals surface area contributed by atoms with E-state index in [9.17, 15) is 14.4 Å². The third-order valence-electron chi connectivity index (χ3n) is 3.49. The number of rotatable bonds is 4. The van der Waals surface area contributed by atoms with Gasteiger partial charge in [-0.25, -0.2) is 4.79 Å². The molecule has 0 fully saturated rings. The maximum atomic E-state index is 12.1. The molecule has 3 aromatic rings. The van der Waals surface area contributed by atoms with E-state index in [1.807, 2.05) is 0 Å². The van der Waals surface area contributed by atoms with Gasteiger partial charge in [-0.2, -0.15) is 0 Å². The largest absolute Gasteiger partial charge is 0.451 e. The van der Waals surface area contributed by atoms with Gasteiger partial charge in [0.1, 0.15) is 5.69 Å². The van der Waals surface area contributed by atoms with Crippen molar-refractivity contribution < 1.29 is 14.3 Å². The van der Waals surface area contributed by atoms with Gasteiger partial charge in [0.2, 0.25) is 0 Å². The minimum absolute atomic E-state index is 0.0395. The van der Waals surface area contributed by atoms with Gasteiger partial charge in [0.25, 0.3) is 5.91 Å². The summed E-state index contributed by atoms with van der Waals surface area (Å²) in [5.41, 5.74) is 0.449. The van der Waals surface area contributed by atoms with Crippen molar-refractivity contribution in [3.63, 3.8) is 0 Å². The lowest BCUT2D eigenvalue weighted by atomic mass is 10.2. The molecule has 2 N–H and O–H groups in total. The molecule has 0 saturated heterocycles. The number of fused-ring (bicyclic) bond motifs is 1. The second-order valence-corrected chi connectivity index (χ2v) is 6.18. The summed E-state index contributed by atoms with van der Waals surface area (Å²) in [5, 5.41) is 3.65. The highest BCUT2D eigenvalue weighted by atomic mass is 35.5. The molecule has 1 aromatic heterocycles. The van der Waals surface area contributed by atoms with Crippen LogP contribution in [0.5, 0.6) is 0 Å². The van der Waals surface area contributed by atoms with Crippen LogP contribution in [0.15, 0.2) is 53.3 Å². The molecule has 6 nitrogen and oxygen atoms in total. The number of amides is 1. The lowest BCUT2D eigenvalue weighted by Crippen LogP contribution is -2.22. The van der Waals surface area contributed by atoms with Crippen molar-refractivity contribution in [2.24, 2.45) is 0 Å². The van der Waals surface area contributed by atoms with Gasteiger partial charge in [-0.15, -0.1) is 0 Å². The first kappa shape index (κ1) is 18.0. The fraction of sp³-hybridized carbons (Fsp3) is 0.0556. The summed E-state index contributed by atoms with van der Waals surface area (Å²) in [6.07, 6.45) is 0. The van der Waals surface area contributed by atoms with E-state index in [2.05, 4.69) is 10.3 Å². The van der Waals surface area contributed by atoms with Crippen LogP contribution in [0.25, 0.3) is 10.9 Å². The van der Waals surface area contributed by atoms with Crippen molar-refractivity contribution in [2.75, 3.05) is 11.9 Å². The number of ether oxygens (including phenoxy) is 1. The van der Waals surface area contributed by atoms with E-state index in [-0.39, 0.29) is 11.1 Å². The zero-order valence-corrected chi connectivity index (χ0v) is 14.7. The Kier molecular flexibility index (Phi) is 5.25.